The summed E-state index contributed by atoms with van der Waals surface area (Å²) in [6.07, 6.45) is 0. The zero-order valence-corrected chi connectivity index (χ0v) is 13.3. The van der Waals surface area contributed by atoms with Crippen LogP contribution >= 0.6 is 35.0 Å². The number of nitrogens with zero attached hydrogens (tertiary/aromatic N) is 1. The minimum absolute atomic E-state index is 0.138. The molecule has 0 radical (unpaired) electrons. The van der Waals surface area contributed by atoms with Crippen LogP contribution in [0.25, 0.3) is 0 Å². The molecule has 0 spiro atoms. The van der Waals surface area contributed by atoms with Crippen molar-refractivity contribution in [3.8, 4) is 0 Å². The van der Waals surface area contributed by atoms with E-state index in [4.69, 9.17) is 23.2 Å². The van der Waals surface area contributed by atoms with Crippen LogP contribution < -0.4 is 5.32 Å². The van der Waals surface area contributed by atoms with Gasteiger partial charge in [0.2, 0.25) is 5.91 Å². The molecule has 0 aliphatic heterocycles. The summed E-state index contributed by atoms with van der Waals surface area (Å²) in [4.78, 5) is 12.7. The van der Waals surface area contributed by atoms with Gasteiger partial charge in [0, 0.05) is 21.2 Å². The highest BCUT2D eigenvalue weighted by molar-refractivity contribution is 8.00. The van der Waals surface area contributed by atoms with Gasteiger partial charge in [-0.25, -0.2) is 0 Å². The highest BCUT2D eigenvalue weighted by Crippen LogP contribution is 2.29. The number of benzene rings is 1. The molecule has 0 aliphatic carbocycles. The van der Waals surface area contributed by atoms with Gasteiger partial charge < -0.3 is 5.32 Å². The SMILES string of the molecule is Cc1[nH]nc(NC(=O)CSc2cc(Cl)ccc2Cl)c1C. The van der Waals surface area contributed by atoms with Crippen molar-refractivity contribution >= 4 is 46.7 Å². The van der Waals surface area contributed by atoms with E-state index in [9.17, 15) is 4.79 Å². The smallest absolute Gasteiger partial charge is 0.235 e. The number of nitrogens with one attached hydrogen (secondary N) is 2. The first-order valence-corrected chi connectivity index (χ1v) is 7.61. The molecule has 1 aromatic heterocycles. The van der Waals surface area contributed by atoms with E-state index >= 15 is 0 Å². The average molecular weight is 330 g/mol. The molecule has 0 saturated carbocycles. The Bertz CT molecular complexity index is 643. The quantitative estimate of drug-likeness (QED) is 0.831. The zero-order chi connectivity index (χ0) is 14.7. The molecule has 0 bridgehead atoms. The fourth-order valence-electron chi connectivity index (χ4n) is 1.51. The molecule has 4 nitrogen and oxygen atoms in total. The minimum atomic E-state index is -0.138. The van der Waals surface area contributed by atoms with Gasteiger partial charge in [0.25, 0.3) is 0 Å². The highest BCUT2D eigenvalue weighted by atomic mass is 35.5. The Labute approximate surface area is 131 Å². The maximum atomic E-state index is 11.9. The van der Waals surface area contributed by atoms with Gasteiger partial charge in [0.05, 0.1) is 10.8 Å². The third kappa shape index (κ3) is 3.69. The van der Waals surface area contributed by atoms with Gasteiger partial charge in [-0.3, -0.25) is 9.89 Å². The minimum Gasteiger partial charge on any atom is -0.308 e. The standard InChI is InChI=1S/C13H13Cl2N3OS/c1-7-8(2)17-18-13(7)16-12(19)6-20-11-5-9(14)3-4-10(11)15/h3-5H,6H2,1-2H3,(H2,16,17,18,19). The highest BCUT2D eigenvalue weighted by Gasteiger charge is 2.11. The Morgan fingerprint density at radius 3 is 2.80 bits per heavy atom. The normalized spacial score (nSPS) is 10.6. The van der Waals surface area contributed by atoms with Crippen LogP contribution in [0.1, 0.15) is 11.3 Å². The van der Waals surface area contributed by atoms with Crippen LogP contribution in [0.2, 0.25) is 10.0 Å². The number of rotatable bonds is 4. The van der Waals surface area contributed by atoms with Crippen LogP contribution in [0, 0.1) is 13.8 Å². The van der Waals surface area contributed by atoms with Gasteiger partial charge >= 0.3 is 0 Å². The van der Waals surface area contributed by atoms with E-state index in [0.717, 1.165) is 16.2 Å². The lowest BCUT2D eigenvalue weighted by Crippen LogP contribution is -2.15. The summed E-state index contributed by atoms with van der Waals surface area (Å²) in [5, 5.41) is 10.8. The van der Waals surface area contributed by atoms with Crippen molar-refractivity contribution in [2.75, 3.05) is 11.1 Å². The Balaban J connectivity index is 1.95. The van der Waals surface area contributed by atoms with Crippen LogP contribution in [0.3, 0.4) is 0 Å². The largest absolute Gasteiger partial charge is 0.308 e. The summed E-state index contributed by atoms with van der Waals surface area (Å²) in [7, 11) is 0. The molecule has 2 rings (SSSR count). The molecule has 0 atom stereocenters. The molecule has 20 heavy (non-hydrogen) atoms. The second-order valence-electron chi connectivity index (χ2n) is 4.23. The summed E-state index contributed by atoms with van der Waals surface area (Å²) in [5.41, 5.74) is 1.87. The van der Waals surface area contributed by atoms with Crippen LogP contribution in [-0.4, -0.2) is 21.9 Å². The molecule has 7 heteroatoms. The number of halogens is 2. The lowest BCUT2D eigenvalue weighted by atomic mass is 10.3. The van der Waals surface area contributed by atoms with Crippen LogP contribution in [-0.2, 0) is 4.79 Å². The van der Waals surface area contributed by atoms with Crippen molar-refractivity contribution in [1.82, 2.24) is 10.2 Å². The second kappa shape index (κ2) is 6.52. The number of H-pyrrole nitrogens is 1. The number of carbonyl (C=O) groups excluding carboxylic acids is 1. The van der Waals surface area contributed by atoms with Gasteiger partial charge in [-0.15, -0.1) is 11.8 Å². The van der Waals surface area contributed by atoms with E-state index in [1.165, 1.54) is 11.8 Å². The van der Waals surface area contributed by atoms with Crippen LogP contribution in [0.15, 0.2) is 23.1 Å². The van der Waals surface area contributed by atoms with Crippen LogP contribution in [0.4, 0.5) is 5.82 Å². The molecule has 1 aromatic carbocycles. The third-order valence-electron chi connectivity index (χ3n) is 2.76. The Morgan fingerprint density at radius 2 is 2.15 bits per heavy atom. The van der Waals surface area contributed by atoms with Crippen molar-refractivity contribution in [3.63, 3.8) is 0 Å². The number of aromatic nitrogens is 2. The van der Waals surface area contributed by atoms with Crippen molar-refractivity contribution in [2.24, 2.45) is 0 Å². The maximum absolute atomic E-state index is 11.9. The van der Waals surface area contributed by atoms with Gasteiger partial charge in [0.15, 0.2) is 5.82 Å². The lowest BCUT2D eigenvalue weighted by molar-refractivity contribution is -0.113. The molecule has 0 aliphatic rings. The molecular weight excluding hydrogens is 317 g/mol. The van der Waals surface area contributed by atoms with Gasteiger partial charge in [-0.05, 0) is 32.0 Å². The van der Waals surface area contributed by atoms with Gasteiger partial charge in [-0.2, -0.15) is 5.10 Å². The van der Waals surface area contributed by atoms with Crippen molar-refractivity contribution in [3.05, 3.63) is 39.5 Å². The molecule has 106 valence electrons. The van der Waals surface area contributed by atoms with Crippen LogP contribution in [0.5, 0.6) is 0 Å². The number of thioether (sulfide) groups is 1. The first-order valence-electron chi connectivity index (χ1n) is 5.86. The maximum Gasteiger partial charge on any atom is 0.235 e. The van der Waals surface area contributed by atoms with E-state index in [1.807, 2.05) is 13.8 Å². The third-order valence-corrected chi connectivity index (χ3v) is 4.49. The Morgan fingerprint density at radius 1 is 1.40 bits per heavy atom. The van der Waals surface area contributed by atoms with Gasteiger partial charge in [-0.1, -0.05) is 23.2 Å². The van der Waals surface area contributed by atoms with Gasteiger partial charge in [0.1, 0.15) is 0 Å². The topological polar surface area (TPSA) is 57.8 Å². The molecular formula is C13H13Cl2N3OS. The number of aromatic amines is 1. The number of carbonyl (C=O) groups is 1. The number of hydrogen-bond acceptors (Lipinski definition) is 3. The number of anilines is 1. The first kappa shape index (κ1) is 15.2. The summed E-state index contributed by atoms with van der Waals surface area (Å²) in [6.45, 7) is 3.80. The van der Waals surface area contributed by atoms with E-state index in [2.05, 4.69) is 15.5 Å². The average Bonchev–Trinajstić information content (AvgIpc) is 2.72. The summed E-state index contributed by atoms with van der Waals surface area (Å²) in [6, 6.07) is 5.17. The predicted molar refractivity (Wildman–Crippen MR) is 83.9 cm³/mol. The Kier molecular flexibility index (Phi) is 4.96. The lowest BCUT2D eigenvalue weighted by Gasteiger charge is -2.05. The molecule has 0 saturated heterocycles. The fraction of sp³-hybridized carbons (Fsp3) is 0.231. The summed E-state index contributed by atoms with van der Waals surface area (Å²) in [5.74, 6) is 0.664. The monoisotopic (exact) mass is 329 g/mol. The molecule has 2 N–H and O–H groups in total. The molecule has 2 aromatic rings. The molecule has 0 fully saturated rings. The van der Waals surface area contributed by atoms with Crippen molar-refractivity contribution in [1.29, 1.82) is 0 Å². The van der Waals surface area contributed by atoms with Crippen molar-refractivity contribution < 1.29 is 4.79 Å². The molecule has 1 amide bonds. The second-order valence-corrected chi connectivity index (χ2v) is 6.09. The number of amides is 1. The number of aryl methyl sites for hydroxylation is 1. The van der Waals surface area contributed by atoms with E-state index in [1.54, 1.807) is 18.2 Å². The Hall–Kier alpha value is -1.17. The van der Waals surface area contributed by atoms with E-state index < -0.39 is 0 Å². The van der Waals surface area contributed by atoms with E-state index in [-0.39, 0.29) is 11.7 Å². The summed E-state index contributed by atoms with van der Waals surface area (Å²) >= 11 is 13.3. The fourth-order valence-corrected chi connectivity index (χ4v) is 2.80. The zero-order valence-electron chi connectivity index (χ0n) is 11.0. The number of hydrogen-bond donors (Lipinski definition) is 2. The van der Waals surface area contributed by atoms with E-state index in [0.29, 0.717) is 15.9 Å². The first-order chi connectivity index (χ1) is 9.47. The molecule has 1 heterocycles. The predicted octanol–water partition coefficient (Wildman–Crippen LogP) is 4.06. The molecule has 0 unspecified atom stereocenters. The summed E-state index contributed by atoms with van der Waals surface area (Å²) < 4.78 is 0. The van der Waals surface area contributed by atoms with Crippen molar-refractivity contribution in [2.45, 2.75) is 18.7 Å².